The fourth-order valence-corrected chi connectivity index (χ4v) is 3.13. The average molecular weight is 409 g/mol. The fraction of sp³-hybridized carbons (Fsp3) is 0.348. The third kappa shape index (κ3) is 6.07. The number of H-pyrrole nitrogens is 1. The van der Waals surface area contributed by atoms with Gasteiger partial charge >= 0.3 is 6.09 Å². The first kappa shape index (κ1) is 21.4. The highest BCUT2D eigenvalue weighted by molar-refractivity contribution is 5.77. The molecule has 1 heterocycles. The topological polar surface area (TPSA) is 96.1 Å². The van der Waals surface area contributed by atoms with Gasteiger partial charge in [-0.3, -0.25) is 4.79 Å². The second kappa shape index (κ2) is 10.4. The summed E-state index contributed by atoms with van der Waals surface area (Å²) in [7, 11) is 0. The molecule has 0 saturated carbocycles. The van der Waals surface area contributed by atoms with Gasteiger partial charge in [0, 0.05) is 13.0 Å². The molecule has 2 amide bonds. The Hall–Kier alpha value is -3.35. The quantitative estimate of drug-likeness (QED) is 0.465. The van der Waals surface area contributed by atoms with Crippen LogP contribution in [-0.2, 0) is 16.1 Å². The molecule has 0 radical (unpaired) electrons. The number of carbonyl (C=O) groups is 2. The van der Waals surface area contributed by atoms with Crippen molar-refractivity contribution in [2.75, 3.05) is 6.54 Å². The van der Waals surface area contributed by atoms with Gasteiger partial charge in [-0.25, -0.2) is 9.78 Å². The Kier molecular flexibility index (Phi) is 7.43. The maximum atomic E-state index is 12.4. The SMILES string of the molecule is CC(C)C(NC(=O)CCCNC(=O)OCc1ccccc1)c1nc2ccccc2[nH]1. The van der Waals surface area contributed by atoms with Crippen molar-refractivity contribution in [3.8, 4) is 0 Å². The van der Waals surface area contributed by atoms with Crippen molar-refractivity contribution in [2.24, 2.45) is 5.92 Å². The zero-order valence-corrected chi connectivity index (χ0v) is 17.4. The molecule has 7 nitrogen and oxygen atoms in total. The average Bonchev–Trinajstić information content (AvgIpc) is 3.18. The molecule has 3 N–H and O–H groups in total. The molecule has 0 saturated heterocycles. The van der Waals surface area contributed by atoms with Crippen LogP contribution in [0.4, 0.5) is 4.79 Å². The van der Waals surface area contributed by atoms with E-state index in [0.29, 0.717) is 19.4 Å². The minimum absolute atomic E-state index is 0.0754. The number of nitrogens with zero attached hydrogens (tertiary/aromatic N) is 1. The molecule has 158 valence electrons. The number of carbonyl (C=O) groups excluding carboxylic acids is 2. The van der Waals surface area contributed by atoms with E-state index in [9.17, 15) is 9.59 Å². The van der Waals surface area contributed by atoms with Crippen LogP contribution in [0, 0.1) is 5.92 Å². The van der Waals surface area contributed by atoms with Gasteiger partial charge in [0.1, 0.15) is 12.4 Å². The number of hydrogen-bond acceptors (Lipinski definition) is 4. The summed E-state index contributed by atoms with van der Waals surface area (Å²) in [6.45, 7) is 4.68. The maximum absolute atomic E-state index is 12.4. The molecular weight excluding hydrogens is 380 g/mol. The number of fused-ring (bicyclic) bond motifs is 1. The molecule has 1 atom stereocenters. The molecule has 0 fully saturated rings. The first-order chi connectivity index (χ1) is 14.5. The number of rotatable bonds is 9. The first-order valence-corrected chi connectivity index (χ1v) is 10.2. The van der Waals surface area contributed by atoms with Gasteiger partial charge in [-0.2, -0.15) is 0 Å². The Labute approximate surface area is 176 Å². The van der Waals surface area contributed by atoms with Gasteiger partial charge in [0.15, 0.2) is 0 Å². The lowest BCUT2D eigenvalue weighted by molar-refractivity contribution is -0.122. The molecule has 3 aromatic rings. The first-order valence-electron chi connectivity index (χ1n) is 10.2. The Balaban J connectivity index is 1.41. The van der Waals surface area contributed by atoms with Crippen LogP contribution in [0.1, 0.15) is 44.1 Å². The largest absolute Gasteiger partial charge is 0.445 e. The Bertz CT molecular complexity index is 936. The number of hydrogen-bond donors (Lipinski definition) is 3. The van der Waals surface area contributed by atoms with Crippen LogP contribution in [0.5, 0.6) is 0 Å². The van der Waals surface area contributed by atoms with Crippen LogP contribution in [0.3, 0.4) is 0 Å². The van der Waals surface area contributed by atoms with E-state index < -0.39 is 6.09 Å². The van der Waals surface area contributed by atoms with Gasteiger partial charge in [-0.1, -0.05) is 56.3 Å². The predicted octanol–water partition coefficient (Wildman–Crippen LogP) is 4.08. The number of nitrogens with one attached hydrogen (secondary N) is 3. The maximum Gasteiger partial charge on any atom is 0.407 e. The number of amides is 2. The normalized spacial score (nSPS) is 12.0. The number of benzene rings is 2. The smallest absolute Gasteiger partial charge is 0.407 e. The van der Waals surface area contributed by atoms with E-state index in [4.69, 9.17) is 4.74 Å². The van der Waals surface area contributed by atoms with Crippen LogP contribution in [0.15, 0.2) is 54.6 Å². The molecule has 7 heteroatoms. The number of para-hydroxylation sites is 2. The van der Waals surface area contributed by atoms with Crippen molar-refractivity contribution in [2.45, 2.75) is 39.3 Å². The van der Waals surface area contributed by atoms with Crippen LogP contribution in [0.2, 0.25) is 0 Å². The van der Waals surface area contributed by atoms with Crippen LogP contribution >= 0.6 is 0 Å². The van der Waals surface area contributed by atoms with Crippen LogP contribution in [-0.4, -0.2) is 28.5 Å². The van der Waals surface area contributed by atoms with E-state index in [1.807, 2.05) is 68.4 Å². The summed E-state index contributed by atoms with van der Waals surface area (Å²) < 4.78 is 5.15. The van der Waals surface area contributed by atoms with Crippen molar-refractivity contribution in [1.29, 1.82) is 0 Å². The zero-order chi connectivity index (χ0) is 21.3. The van der Waals surface area contributed by atoms with Crippen LogP contribution < -0.4 is 10.6 Å². The second-order valence-corrected chi connectivity index (χ2v) is 7.52. The van der Waals surface area contributed by atoms with Gasteiger partial charge in [-0.05, 0) is 30.0 Å². The minimum atomic E-state index is -0.485. The van der Waals surface area contributed by atoms with E-state index in [1.165, 1.54) is 0 Å². The second-order valence-electron chi connectivity index (χ2n) is 7.52. The van der Waals surface area contributed by atoms with Gasteiger partial charge < -0.3 is 20.4 Å². The molecule has 1 aromatic heterocycles. The predicted molar refractivity (Wildman–Crippen MR) is 116 cm³/mol. The van der Waals surface area contributed by atoms with Gasteiger partial charge in [0.25, 0.3) is 0 Å². The van der Waals surface area contributed by atoms with E-state index in [-0.39, 0.29) is 24.5 Å². The van der Waals surface area contributed by atoms with Crippen molar-refractivity contribution in [3.05, 3.63) is 66.0 Å². The number of alkyl carbamates (subject to hydrolysis) is 1. The Morgan fingerprint density at radius 1 is 1.07 bits per heavy atom. The molecule has 1 unspecified atom stereocenters. The number of aromatic amines is 1. The Morgan fingerprint density at radius 2 is 1.80 bits per heavy atom. The summed E-state index contributed by atoms with van der Waals surface area (Å²) in [6.07, 6.45) is 0.348. The number of ether oxygens (including phenoxy) is 1. The van der Waals surface area contributed by atoms with E-state index in [1.54, 1.807) is 0 Å². The van der Waals surface area contributed by atoms with Crippen molar-refractivity contribution < 1.29 is 14.3 Å². The summed E-state index contributed by atoms with van der Waals surface area (Å²) in [6, 6.07) is 17.1. The van der Waals surface area contributed by atoms with Gasteiger partial charge in [0.2, 0.25) is 5.91 Å². The summed E-state index contributed by atoms with van der Waals surface area (Å²) in [5.74, 6) is 0.858. The lowest BCUT2D eigenvalue weighted by Crippen LogP contribution is -2.33. The number of aromatic nitrogens is 2. The molecule has 0 spiro atoms. The third-order valence-electron chi connectivity index (χ3n) is 4.75. The lowest BCUT2D eigenvalue weighted by atomic mass is 10.0. The monoisotopic (exact) mass is 408 g/mol. The summed E-state index contributed by atoms with van der Waals surface area (Å²) >= 11 is 0. The van der Waals surface area contributed by atoms with Crippen molar-refractivity contribution in [1.82, 2.24) is 20.6 Å². The molecule has 30 heavy (non-hydrogen) atoms. The molecule has 0 aliphatic heterocycles. The molecule has 2 aromatic carbocycles. The highest BCUT2D eigenvalue weighted by Gasteiger charge is 2.21. The van der Waals surface area contributed by atoms with Crippen molar-refractivity contribution in [3.63, 3.8) is 0 Å². The summed E-state index contributed by atoms with van der Waals surface area (Å²) in [5.41, 5.74) is 2.76. The molecule has 0 bridgehead atoms. The molecule has 0 aliphatic carbocycles. The van der Waals surface area contributed by atoms with Gasteiger partial charge in [-0.15, -0.1) is 0 Å². The highest BCUT2D eigenvalue weighted by Crippen LogP contribution is 2.22. The summed E-state index contributed by atoms with van der Waals surface area (Å²) in [4.78, 5) is 32.1. The van der Waals surface area contributed by atoms with Gasteiger partial charge in [0.05, 0.1) is 17.1 Å². The standard InChI is InChI=1S/C23H28N4O3/c1-16(2)21(22-25-18-11-6-7-12-19(18)26-22)27-20(28)13-8-14-24-23(29)30-15-17-9-4-3-5-10-17/h3-7,9-12,16,21H,8,13-15H2,1-2H3,(H,24,29)(H,25,26)(H,27,28). The van der Waals surface area contributed by atoms with Crippen LogP contribution in [0.25, 0.3) is 11.0 Å². The van der Waals surface area contributed by atoms with Crippen molar-refractivity contribution >= 4 is 23.0 Å². The lowest BCUT2D eigenvalue weighted by Gasteiger charge is -2.20. The third-order valence-corrected chi connectivity index (χ3v) is 4.75. The molecular formula is C23H28N4O3. The zero-order valence-electron chi connectivity index (χ0n) is 17.4. The fourth-order valence-electron chi connectivity index (χ4n) is 3.13. The number of imidazole rings is 1. The Morgan fingerprint density at radius 3 is 2.53 bits per heavy atom. The van der Waals surface area contributed by atoms with E-state index >= 15 is 0 Å². The molecule has 3 rings (SSSR count). The summed E-state index contributed by atoms with van der Waals surface area (Å²) in [5, 5.41) is 5.73. The minimum Gasteiger partial charge on any atom is -0.445 e. The van der Waals surface area contributed by atoms with E-state index in [2.05, 4.69) is 20.6 Å². The highest BCUT2D eigenvalue weighted by atomic mass is 16.5. The molecule has 0 aliphatic rings. The van der Waals surface area contributed by atoms with E-state index in [0.717, 1.165) is 22.4 Å².